The van der Waals surface area contributed by atoms with E-state index in [4.69, 9.17) is 4.74 Å². The van der Waals surface area contributed by atoms with E-state index in [1.165, 1.54) is 0 Å². The summed E-state index contributed by atoms with van der Waals surface area (Å²) >= 11 is 2.41. The molecule has 1 N–H and O–H groups in total. The van der Waals surface area contributed by atoms with Gasteiger partial charge in [0, 0.05) is 15.8 Å². The molecule has 0 fully saturated rings. The minimum Gasteiger partial charge on any atom is -0.598 e. The van der Waals surface area contributed by atoms with Gasteiger partial charge in [-0.25, -0.2) is 0 Å². The van der Waals surface area contributed by atoms with Gasteiger partial charge in [-0.2, -0.15) is 0 Å². The summed E-state index contributed by atoms with van der Waals surface area (Å²) in [5.74, 6) is 0.790. The van der Waals surface area contributed by atoms with E-state index in [0.29, 0.717) is 6.61 Å². The summed E-state index contributed by atoms with van der Waals surface area (Å²) in [7, 11) is 0. The van der Waals surface area contributed by atoms with Crippen molar-refractivity contribution in [2.75, 3.05) is 0 Å². The van der Waals surface area contributed by atoms with Gasteiger partial charge in [0.15, 0.2) is 0 Å². The van der Waals surface area contributed by atoms with E-state index in [-0.39, 0.29) is 10.8 Å². The molecule has 0 amide bonds. The van der Waals surface area contributed by atoms with Crippen molar-refractivity contribution in [3.63, 3.8) is 0 Å². The first-order valence-corrected chi connectivity index (χ1v) is 9.85. The van der Waals surface area contributed by atoms with E-state index < -0.39 is 11.4 Å². The minimum atomic E-state index is -1.12. The van der Waals surface area contributed by atoms with Gasteiger partial charge in [0.25, 0.3) is 0 Å². The fourth-order valence-electron chi connectivity index (χ4n) is 2.06. The summed E-state index contributed by atoms with van der Waals surface area (Å²) in [6.07, 6.45) is 0. The van der Waals surface area contributed by atoms with Gasteiger partial charge in [0.05, 0.1) is 6.04 Å². The van der Waals surface area contributed by atoms with Crippen LogP contribution in [0.5, 0.6) is 5.75 Å². The fraction of sp³-hybridized carbons (Fsp3) is 0.368. The Balaban J connectivity index is 2.07. The van der Waals surface area contributed by atoms with E-state index in [1.54, 1.807) is 0 Å². The van der Waals surface area contributed by atoms with Crippen LogP contribution >= 0.6 is 15.9 Å². The third-order valence-corrected chi connectivity index (χ3v) is 5.62. The average molecular weight is 410 g/mol. The average Bonchev–Trinajstić information content (AvgIpc) is 2.52. The summed E-state index contributed by atoms with van der Waals surface area (Å²) in [4.78, 5) is 0. The zero-order valence-electron chi connectivity index (χ0n) is 14.5. The number of hydrogen-bond donors (Lipinski definition) is 1. The molecule has 3 nitrogen and oxygen atoms in total. The van der Waals surface area contributed by atoms with E-state index in [0.717, 1.165) is 21.3 Å². The maximum Gasteiger partial charge on any atom is 0.136 e. The van der Waals surface area contributed by atoms with Crippen LogP contribution in [0.15, 0.2) is 53.0 Å². The Morgan fingerprint density at radius 3 is 2.46 bits per heavy atom. The van der Waals surface area contributed by atoms with Crippen molar-refractivity contribution < 1.29 is 9.29 Å². The second-order valence-electron chi connectivity index (χ2n) is 6.72. The Bertz CT molecular complexity index is 658. The molecule has 0 aliphatic carbocycles. The molecule has 24 heavy (non-hydrogen) atoms. The first-order chi connectivity index (χ1) is 11.3. The summed E-state index contributed by atoms with van der Waals surface area (Å²) in [5, 5.41) is 0. The highest BCUT2D eigenvalue weighted by Crippen LogP contribution is 2.27. The Morgan fingerprint density at radius 1 is 1.17 bits per heavy atom. The van der Waals surface area contributed by atoms with Crippen molar-refractivity contribution in [3.8, 4) is 5.75 Å². The molecule has 0 aliphatic heterocycles. The second-order valence-corrected chi connectivity index (χ2v) is 9.63. The van der Waals surface area contributed by atoms with Gasteiger partial charge < -0.3 is 9.29 Å². The van der Waals surface area contributed by atoms with E-state index in [9.17, 15) is 4.55 Å². The summed E-state index contributed by atoms with van der Waals surface area (Å²) in [6, 6.07) is 16.0. The Kier molecular flexibility index (Phi) is 6.75. The highest BCUT2D eigenvalue weighted by molar-refractivity contribution is 9.10. The lowest BCUT2D eigenvalue weighted by Crippen LogP contribution is -2.40. The van der Waals surface area contributed by atoms with Crippen LogP contribution in [0.25, 0.3) is 0 Å². The molecule has 0 radical (unpaired) electrons. The van der Waals surface area contributed by atoms with Gasteiger partial charge in [-0.05, 0) is 57.0 Å². The number of nitrogens with one attached hydrogen (secondary N) is 1. The number of halogens is 1. The lowest BCUT2D eigenvalue weighted by atomic mass is 10.1. The molecule has 0 saturated carbocycles. The lowest BCUT2D eigenvalue weighted by molar-refractivity contribution is 0.305. The molecule has 0 aromatic heterocycles. The standard InChI is InChI=1S/C19H24BrNO2S/c1-14(21-24(22)19(2,3)4)16-10-17(20)12-18(11-16)23-13-15-8-6-5-7-9-15/h5-12,14,21H,13H2,1-4H3/t14-,24?/m1/s1. The number of hydrogen-bond acceptors (Lipinski definition) is 3. The topological polar surface area (TPSA) is 44.3 Å². The molecule has 0 bridgehead atoms. The predicted molar refractivity (Wildman–Crippen MR) is 104 cm³/mol. The van der Waals surface area contributed by atoms with Crippen LogP contribution in [-0.4, -0.2) is 9.30 Å². The van der Waals surface area contributed by atoms with E-state index >= 15 is 0 Å². The van der Waals surface area contributed by atoms with Gasteiger partial charge in [-0.1, -0.05) is 46.3 Å². The van der Waals surface area contributed by atoms with Crippen LogP contribution in [0.1, 0.15) is 44.9 Å². The molecule has 2 aromatic rings. The SMILES string of the molecule is C[C@@H](N[S+]([O-])C(C)(C)C)c1cc(Br)cc(OCc2ccccc2)c1. The molecule has 0 aliphatic rings. The van der Waals surface area contributed by atoms with Crippen LogP contribution in [0.2, 0.25) is 0 Å². The van der Waals surface area contributed by atoms with Crippen molar-refractivity contribution >= 4 is 27.3 Å². The summed E-state index contributed by atoms with van der Waals surface area (Å²) in [6.45, 7) is 8.40. The molecule has 130 valence electrons. The van der Waals surface area contributed by atoms with Crippen LogP contribution in [0, 0.1) is 0 Å². The quantitative estimate of drug-likeness (QED) is 0.671. The van der Waals surface area contributed by atoms with Gasteiger partial charge in [0.2, 0.25) is 0 Å². The molecular weight excluding hydrogens is 386 g/mol. The van der Waals surface area contributed by atoms with Crippen LogP contribution in [-0.2, 0) is 18.0 Å². The van der Waals surface area contributed by atoms with Gasteiger partial charge in [-0.15, -0.1) is 4.72 Å². The molecule has 0 spiro atoms. The molecule has 0 heterocycles. The Morgan fingerprint density at radius 2 is 1.83 bits per heavy atom. The molecule has 2 aromatic carbocycles. The molecule has 0 saturated heterocycles. The first kappa shape index (κ1) is 19.3. The van der Waals surface area contributed by atoms with Gasteiger partial charge >= 0.3 is 0 Å². The molecule has 5 heteroatoms. The van der Waals surface area contributed by atoms with E-state index in [1.807, 2.05) is 76.2 Å². The van der Waals surface area contributed by atoms with Crippen LogP contribution in [0.3, 0.4) is 0 Å². The van der Waals surface area contributed by atoms with Crippen molar-refractivity contribution in [1.29, 1.82) is 0 Å². The molecule has 1 unspecified atom stereocenters. The maximum atomic E-state index is 12.3. The van der Waals surface area contributed by atoms with Crippen molar-refractivity contribution in [3.05, 3.63) is 64.1 Å². The zero-order chi connectivity index (χ0) is 17.7. The minimum absolute atomic E-state index is 0.0402. The van der Waals surface area contributed by atoms with Crippen molar-refractivity contribution in [2.24, 2.45) is 0 Å². The molecular formula is C19H24BrNO2S. The number of ether oxygens (including phenoxy) is 1. The third-order valence-electron chi connectivity index (χ3n) is 3.48. The van der Waals surface area contributed by atoms with Gasteiger partial charge in [-0.3, -0.25) is 0 Å². The smallest absolute Gasteiger partial charge is 0.136 e. The van der Waals surface area contributed by atoms with Crippen LogP contribution in [0.4, 0.5) is 0 Å². The highest BCUT2D eigenvalue weighted by Gasteiger charge is 2.28. The highest BCUT2D eigenvalue weighted by atomic mass is 79.9. The maximum absolute atomic E-state index is 12.3. The Hall–Kier alpha value is -1.01. The lowest BCUT2D eigenvalue weighted by Gasteiger charge is -2.26. The summed E-state index contributed by atoms with van der Waals surface area (Å²) in [5.41, 5.74) is 2.16. The normalized spacial score (nSPS) is 14.2. The zero-order valence-corrected chi connectivity index (χ0v) is 16.9. The Labute approximate surface area is 156 Å². The third kappa shape index (κ3) is 5.81. The molecule has 2 atom stereocenters. The van der Waals surface area contributed by atoms with Crippen LogP contribution < -0.4 is 9.46 Å². The molecule has 2 rings (SSSR count). The first-order valence-electron chi connectivity index (χ1n) is 7.91. The second kappa shape index (κ2) is 8.39. The van der Waals surface area contributed by atoms with E-state index in [2.05, 4.69) is 20.7 Å². The number of rotatable bonds is 6. The predicted octanol–water partition coefficient (Wildman–Crippen LogP) is 5.14. The number of benzene rings is 2. The largest absolute Gasteiger partial charge is 0.598 e. The fourth-order valence-corrected chi connectivity index (χ4v) is 3.36. The summed E-state index contributed by atoms with van der Waals surface area (Å²) < 4.78 is 22.0. The van der Waals surface area contributed by atoms with Crippen molar-refractivity contribution in [2.45, 2.75) is 45.1 Å². The van der Waals surface area contributed by atoms with Gasteiger partial charge in [0.1, 0.15) is 17.1 Å². The monoisotopic (exact) mass is 409 g/mol. The van der Waals surface area contributed by atoms with Crippen molar-refractivity contribution in [1.82, 2.24) is 4.72 Å².